The van der Waals surface area contributed by atoms with E-state index in [1.54, 1.807) is 17.9 Å². The molecule has 8 nitrogen and oxygen atoms in total. The highest BCUT2D eigenvalue weighted by atomic mass is 16.3. The van der Waals surface area contributed by atoms with Crippen LogP contribution in [-0.2, 0) is 24.2 Å². The van der Waals surface area contributed by atoms with Gasteiger partial charge in [0.05, 0.1) is 23.6 Å². The number of amides is 2. The molecule has 0 spiro atoms. The van der Waals surface area contributed by atoms with Gasteiger partial charge in [-0.2, -0.15) is 10.2 Å². The second kappa shape index (κ2) is 9.53. The van der Waals surface area contributed by atoms with E-state index < -0.39 is 6.10 Å². The van der Waals surface area contributed by atoms with Crippen LogP contribution in [0.15, 0.2) is 36.5 Å². The minimum atomic E-state index is -0.643. The fourth-order valence-corrected chi connectivity index (χ4v) is 4.27. The maximum atomic E-state index is 12.5. The van der Waals surface area contributed by atoms with Gasteiger partial charge in [0.15, 0.2) is 0 Å². The van der Waals surface area contributed by atoms with Gasteiger partial charge >= 0.3 is 0 Å². The van der Waals surface area contributed by atoms with Crippen molar-refractivity contribution in [3.05, 3.63) is 58.9 Å². The van der Waals surface area contributed by atoms with Gasteiger partial charge in [-0.05, 0) is 36.0 Å². The van der Waals surface area contributed by atoms with E-state index in [1.165, 1.54) is 17.3 Å². The normalized spacial score (nSPS) is 17.5. The third-order valence-corrected chi connectivity index (χ3v) is 6.04. The van der Waals surface area contributed by atoms with Gasteiger partial charge in [-0.25, -0.2) is 0 Å². The zero-order chi connectivity index (χ0) is 21.8. The molecule has 3 heterocycles. The molecule has 1 fully saturated rings. The molecule has 1 atom stereocenters. The van der Waals surface area contributed by atoms with Crippen molar-refractivity contribution in [2.24, 2.45) is 5.92 Å². The standard InChI is InChI=1S/C23H29N5O3/c1-16(29)28-12-17(13-28)8-21-9-20(10-25-26-21)23(31)24-11-22(30)15-27-7-6-18-4-2-3-5-19(18)14-27/h2-5,9-10,17,22,30H,6-8,11-15H2,1H3,(H,24,31)/t22-/m0/s1. The Morgan fingerprint density at radius 2 is 2.03 bits per heavy atom. The third-order valence-electron chi connectivity index (χ3n) is 6.04. The zero-order valence-corrected chi connectivity index (χ0v) is 17.8. The first-order valence-corrected chi connectivity index (χ1v) is 10.8. The number of nitrogens with zero attached hydrogens (tertiary/aromatic N) is 4. The predicted octanol–water partition coefficient (Wildman–Crippen LogP) is 0.646. The quantitative estimate of drug-likeness (QED) is 0.679. The van der Waals surface area contributed by atoms with Gasteiger partial charge < -0.3 is 15.3 Å². The van der Waals surface area contributed by atoms with Crippen LogP contribution in [0.2, 0.25) is 0 Å². The molecule has 1 saturated heterocycles. The molecule has 1 aromatic heterocycles. The maximum Gasteiger partial charge on any atom is 0.253 e. The van der Waals surface area contributed by atoms with Crippen molar-refractivity contribution in [1.82, 2.24) is 25.3 Å². The maximum absolute atomic E-state index is 12.5. The molecule has 31 heavy (non-hydrogen) atoms. The van der Waals surface area contributed by atoms with Crippen LogP contribution < -0.4 is 5.32 Å². The molecule has 0 unspecified atom stereocenters. The first-order chi connectivity index (χ1) is 15.0. The van der Waals surface area contributed by atoms with Crippen molar-refractivity contribution in [2.75, 3.05) is 32.7 Å². The highest BCUT2D eigenvalue weighted by Crippen LogP contribution is 2.20. The van der Waals surface area contributed by atoms with Gasteiger partial charge in [-0.1, -0.05) is 24.3 Å². The van der Waals surface area contributed by atoms with Crippen LogP contribution in [-0.4, -0.2) is 75.7 Å². The van der Waals surface area contributed by atoms with Crippen molar-refractivity contribution in [2.45, 2.75) is 32.4 Å². The summed E-state index contributed by atoms with van der Waals surface area (Å²) in [7, 11) is 0. The number of β-amino-alcohol motifs (C(OH)–C–C–N with tert-alkyl or cyclic N) is 1. The third kappa shape index (κ3) is 5.45. The lowest BCUT2D eigenvalue weighted by molar-refractivity contribution is -0.134. The van der Waals surface area contributed by atoms with Crippen molar-refractivity contribution in [3.8, 4) is 0 Å². The topological polar surface area (TPSA) is 98.7 Å². The Bertz CT molecular complexity index is 944. The summed E-state index contributed by atoms with van der Waals surface area (Å²) in [6.07, 6.45) is 2.47. The number of rotatable bonds is 7. The van der Waals surface area contributed by atoms with E-state index in [0.29, 0.717) is 24.4 Å². The molecule has 4 rings (SSSR count). The molecule has 0 radical (unpaired) electrons. The Kier molecular flexibility index (Phi) is 6.58. The van der Waals surface area contributed by atoms with Crippen LogP contribution in [0.25, 0.3) is 0 Å². The molecule has 2 amide bonds. The molecule has 2 aromatic rings. The van der Waals surface area contributed by atoms with Crippen LogP contribution >= 0.6 is 0 Å². The molecule has 0 bridgehead atoms. The minimum absolute atomic E-state index is 0.0859. The molecule has 0 saturated carbocycles. The number of aliphatic hydroxyl groups excluding tert-OH is 1. The summed E-state index contributed by atoms with van der Waals surface area (Å²) in [6, 6.07) is 10.1. The largest absolute Gasteiger partial charge is 0.390 e. The second-order valence-corrected chi connectivity index (χ2v) is 8.55. The lowest BCUT2D eigenvalue weighted by atomic mass is 9.94. The highest BCUT2D eigenvalue weighted by Gasteiger charge is 2.29. The monoisotopic (exact) mass is 423 g/mol. The Morgan fingerprint density at radius 3 is 2.81 bits per heavy atom. The SMILES string of the molecule is CC(=O)N1CC(Cc2cc(C(=O)NC[C@H](O)CN3CCc4ccccc4C3)cnn2)C1. The summed E-state index contributed by atoms with van der Waals surface area (Å²) in [5.41, 5.74) is 3.86. The van der Waals surface area contributed by atoms with Crippen LogP contribution in [0.1, 0.15) is 34.1 Å². The van der Waals surface area contributed by atoms with Crippen molar-refractivity contribution >= 4 is 11.8 Å². The Balaban J connectivity index is 1.23. The molecule has 2 aliphatic rings. The smallest absolute Gasteiger partial charge is 0.253 e. The van der Waals surface area contributed by atoms with Crippen LogP contribution in [0.3, 0.4) is 0 Å². The average Bonchev–Trinajstić information content (AvgIpc) is 2.74. The molecule has 1 aromatic carbocycles. The lowest BCUT2D eigenvalue weighted by Crippen LogP contribution is -2.49. The second-order valence-electron chi connectivity index (χ2n) is 8.55. The Labute approximate surface area is 182 Å². The summed E-state index contributed by atoms with van der Waals surface area (Å²) in [5.74, 6) is 0.175. The number of carbonyl (C=O) groups excluding carboxylic acids is 2. The molecular formula is C23H29N5O3. The first kappa shape index (κ1) is 21.4. The highest BCUT2D eigenvalue weighted by molar-refractivity contribution is 5.93. The number of likely N-dealkylation sites (tertiary alicyclic amines) is 1. The number of hydrogen-bond donors (Lipinski definition) is 2. The number of carbonyl (C=O) groups is 2. The molecule has 8 heteroatoms. The van der Waals surface area contributed by atoms with E-state index in [1.807, 2.05) is 6.07 Å². The summed E-state index contributed by atoms with van der Waals surface area (Å²) in [4.78, 5) is 27.8. The zero-order valence-electron chi connectivity index (χ0n) is 17.8. The van der Waals surface area contributed by atoms with Gasteiger partial charge in [0.2, 0.25) is 5.91 Å². The van der Waals surface area contributed by atoms with E-state index in [-0.39, 0.29) is 18.4 Å². The molecule has 164 valence electrons. The van der Waals surface area contributed by atoms with E-state index >= 15 is 0 Å². The first-order valence-electron chi connectivity index (χ1n) is 10.8. The van der Waals surface area contributed by atoms with Gasteiger partial charge in [0.1, 0.15) is 0 Å². The lowest BCUT2D eigenvalue weighted by Gasteiger charge is -2.38. The van der Waals surface area contributed by atoms with Gasteiger partial charge in [0, 0.05) is 46.2 Å². The number of benzene rings is 1. The summed E-state index contributed by atoms with van der Waals surface area (Å²) < 4.78 is 0. The van der Waals surface area contributed by atoms with Gasteiger partial charge in [-0.3, -0.25) is 14.5 Å². The molecule has 0 aliphatic carbocycles. The number of aliphatic hydroxyl groups is 1. The minimum Gasteiger partial charge on any atom is -0.390 e. The fourth-order valence-electron chi connectivity index (χ4n) is 4.27. The van der Waals surface area contributed by atoms with E-state index in [0.717, 1.165) is 38.3 Å². The van der Waals surface area contributed by atoms with Crippen LogP contribution in [0.5, 0.6) is 0 Å². The van der Waals surface area contributed by atoms with Crippen molar-refractivity contribution < 1.29 is 14.7 Å². The number of hydrogen-bond acceptors (Lipinski definition) is 6. The van der Waals surface area contributed by atoms with Crippen molar-refractivity contribution in [1.29, 1.82) is 0 Å². The van der Waals surface area contributed by atoms with Crippen LogP contribution in [0.4, 0.5) is 0 Å². The van der Waals surface area contributed by atoms with Gasteiger partial charge in [0.25, 0.3) is 5.91 Å². The van der Waals surface area contributed by atoms with E-state index in [4.69, 9.17) is 0 Å². The molecule has 2 aliphatic heterocycles. The van der Waals surface area contributed by atoms with Gasteiger partial charge in [-0.15, -0.1) is 0 Å². The number of fused-ring (bicyclic) bond motifs is 1. The average molecular weight is 424 g/mol. The predicted molar refractivity (Wildman–Crippen MR) is 115 cm³/mol. The van der Waals surface area contributed by atoms with Crippen LogP contribution in [0, 0.1) is 5.92 Å². The van der Waals surface area contributed by atoms with E-state index in [2.05, 4.69) is 38.6 Å². The Hall–Kier alpha value is -2.84. The van der Waals surface area contributed by atoms with E-state index in [9.17, 15) is 14.7 Å². The summed E-state index contributed by atoms with van der Waals surface area (Å²) >= 11 is 0. The van der Waals surface area contributed by atoms with Crippen molar-refractivity contribution in [3.63, 3.8) is 0 Å². The molecule has 2 N–H and O–H groups in total. The summed E-state index contributed by atoms with van der Waals surface area (Å²) in [5, 5.41) is 21.3. The number of aromatic nitrogens is 2. The number of nitrogens with one attached hydrogen (secondary N) is 1. The Morgan fingerprint density at radius 1 is 1.26 bits per heavy atom. The summed E-state index contributed by atoms with van der Waals surface area (Å²) in [6.45, 7) is 5.44. The molecular weight excluding hydrogens is 394 g/mol. The fraction of sp³-hybridized carbons (Fsp3) is 0.478.